The van der Waals surface area contributed by atoms with Crippen LogP contribution in [0.1, 0.15) is 5.56 Å². The van der Waals surface area contributed by atoms with E-state index in [0.717, 1.165) is 10.0 Å². The minimum absolute atomic E-state index is 0.268. The van der Waals surface area contributed by atoms with E-state index in [1.54, 1.807) is 30.3 Å². The Labute approximate surface area is 153 Å². The van der Waals surface area contributed by atoms with Crippen LogP contribution in [-0.4, -0.2) is 25.1 Å². The summed E-state index contributed by atoms with van der Waals surface area (Å²) in [4.78, 5) is 23.4. The third-order valence-electron chi connectivity index (χ3n) is 2.92. The molecule has 0 bridgehead atoms. The molecule has 0 saturated heterocycles. The number of amides is 1. The Morgan fingerprint density at radius 2 is 1.96 bits per heavy atom. The minimum atomic E-state index is -0.631. The topological polar surface area (TPSA) is 64.6 Å². The van der Waals surface area contributed by atoms with Gasteiger partial charge in [0.1, 0.15) is 5.75 Å². The predicted molar refractivity (Wildman–Crippen MR) is 95.4 cm³/mol. The number of rotatable bonds is 6. The number of benzene rings is 2. The maximum Gasteiger partial charge on any atom is 0.344 e. The van der Waals surface area contributed by atoms with E-state index >= 15 is 0 Å². The molecule has 126 valence electrons. The maximum atomic E-state index is 11.8. The summed E-state index contributed by atoms with van der Waals surface area (Å²) in [5.74, 6) is -0.547. The molecule has 0 radical (unpaired) electrons. The van der Waals surface area contributed by atoms with Crippen molar-refractivity contribution in [2.75, 3.05) is 18.5 Å². The Morgan fingerprint density at radius 3 is 2.67 bits per heavy atom. The average molecular weight is 413 g/mol. The Kier molecular flexibility index (Phi) is 6.63. The number of halogens is 2. The highest BCUT2D eigenvalue weighted by atomic mass is 79.9. The second-order valence-electron chi connectivity index (χ2n) is 4.94. The van der Waals surface area contributed by atoms with Gasteiger partial charge in [0, 0.05) is 4.47 Å². The summed E-state index contributed by atoms with van der Waals surface area (Å²) < 4.78 is 11.0. The van der Waals surface area contributed by atoms with Crippen LogP contribution in [0.5, 0.6) is 5.75 Å². The number of nitrogens with one attached hydrogen (secondary N) is 1. The number of hydrogen-bond donors (Lipinski definition) is 1. The molecule has 24 heavy (non-hydrogen) atoms. The first-order chi connectivity index (χ1) is 11.4. The number of anilines is 1. The number of carbonyl (C=O) groups excluding carboxylic acids is 2. The van der Waals surface area contributed by atoms with Crippen molar-refractivity contribution in [1.29, 1.82) is 0 Å². The average Bonchev–Trinajstić information content (AvgIpc) is 2.54. The highest BCUT2D eigenvalue weighted by Gasteiger charge is 2.10. The zero-order valence-electron chi connectivity index (χ0n) is 12.8. The first kappa shape index (κ1) is 18.3. The van der Waals surface area contributed by atoms with E-state index in [-0.39, 0.29) is 6.61 Å². The summed E-state index contributed by atoms with van der Waals surface area (Å²) in [6, 6.07) is 12.3. The first-order valence-corrected chi connectivity index (χ1v) is 8.21. The van der Waals surface area contributed by atoms with Crippen LogP contribution in [-0.2, 0) is 14.3 Å². The third kappa shape index (κ3) is 5.86. The number of hydrogen-bond acceptors (Lipinski definition) is 4. The number of ether oxygens (including phenoxy) is 2. The Hall–Kier alpha value is -2.05. The number of carbonyl (C=O) groups is 2. The van der Waals surface area contributed by atoms with Gasteiger partial charge in [0.2, 0.25) is 0 Å². The highest BCUT2D eigenvalue weighted by molar-refractivity contribution is 9.10. The van der Waals surface area contributed by atoms with Gasteiger partial charge in [0.15, 0.2) is 13.2 Å². The van der Waals surface area contributed by atoms with Crippen LogP contribution in [0.25, 0.3) is 0 Å². The molecule has 1 N–H and O–H groups in total. The van der Waals surface area contributed by atoms with Crippen molar-refractivity contribution in [1.82, 2.24) is 0 Å². The van der Waals surface area contributed by atoms with Crippen LogP contribution in [0.2, 0.25) is 5.02 Å². The smallest absolute Gasteiger partial charge is 0.344 e. The van der Waals surface area contributed by atoms with Crippen LogP contribution in [0, 0.1) is 6.92 Å². The molecule has 0 aromatic heterocycles. The lowest BCUT2D eigenvalue weighted by Crippen LogP contribution is -2.23. The Balaban J connectivity index is 1.75. The quantitative estimate of drug-likeness (QED) is 0.729. The minimum Gasteiger partial charge on any atom is -0.482 e. The van der Waals surface area contributed by atoms with Gasteiger partial charge in [-0.1, -0.05) is 39.7 Å². The molecule has 0 spiro atoms. The molecule has 0 aliphatic carbocycles. The summed E-state index contributed by atoms with van der Waals surface area (Å²) in [5, 5.41) is 2.95. The molecule has 1 amide bonds. The summed E-state index contributed by atoms with van der Waals surface area (Å²) in [6.07, 6.45) is 0. The fraction of sp³-hybridized carbons (Fsp3) is 0.176. The van der Waals surface area contributed by atoms with Crippen LogP contribution < -0.4 is 10.1 Å². The van der Waals surface area contributed by atoms with Gasteiger partial charge in [-0.25, -0.2) is 4.79 Å². The molecule has 5 nitrogen and oxygen atoms in total. The zero-order chi connectivity index (χ0) is 17.5. The first-order valence-electron chi connectivity index (χ1n) is 7.04. The van der Waals surface area contributed by atoms with Crippen LogP contribution in [0.3, 0.4) is 0 Å². The molecule has 2 aromatic rings. The lowest BCUT2D eigenvalue weighted by molar-refractivity contribution is -0.149. The van der Waals surface area contributed by atoms with Gasteiger partial charge >= 0.3 is 5.97 Å². The molecule has 0 atom stereocenters. The van der Waals surface area contributed by atoms with Crippen molar-refractivity contribution in [2.24, 2.45) is 0 Å². The maximum absolute atomic E-state index is 11.8. The summed E-state index contributed by atoms with van der Waals surface area (Å²) in [6.45, 7) is 1.24. The molecular weight excluding hydrogens is 398 g/mol. The summed E-state index contributed by atoms with van der Waals surface area (Å²) in [5.41, 5.74) is 1.46. The van der Waals surface area contributed by atoms with Gasteiger partial charge in [-0.15, -0.1) is 0 Å². The zero-order valence-corrected chi connectivity index (χ0v) is 15.2. The van der Waals surface area contributed by atoms with E-state index < -0.39 is 18.5 Å². The van der Waals surface area contributed by atoms with Gasteiger partial charge in [0.25, 0.3) is 5.91 Å². The largest absolute Gasteiger partial charge is 0.482 e. The van der Waals surface area contributed by atoms with Gasteiger partial charge < -0.3 is 14.8 Å². The second-order valence-corrected chi connectivity index (χ2v) is 6.26. The molecular formula is C17H15BrClNO4. The summed E-state index contributed by atoms with van der Waals surface area (Å²) in [7, 11) is 0. The molecule has 0 saturated carbocycles. The standard InChI is InChI=1S/C17H15BrClNO4/c1-11-3-2-4-13(7-11)23-10-17(22)24-9-16(21)20-15-6-5-12(18)8-14(15)19/h2-8H,9-10H2,1H3,(H,20,21). The predicted octanol–water partition coefficient (Wildman–Crippen LogP) is 3.97. The van der Waals surface area contributed by atoms with E-state index in [1.807, 2.05) is 19.1 Å². The fourth-order valence-corrected chi connectivity index (χ4v) is 2.53. The SMILES string of the molecule is Cc1cccc(OCC(=O)OCC(=O)Nc2ccc(Br)cc2Cl)c1. The van der Waals surface area contributed by atoms with Crippen molar-refractivity contribution >= 4 is 45.1 Å². The van der Waals surface area contributed by atoms with E-state index in [0.29, 0.717) is 16.5 Å². The van der Waals surface area contributed by atoms with Crippen molar-refractivity contribution in [3.8, 4) is 5.75 Å². The molecule has 2 rings (SSSR count). The second kappa shape index (κ2) is 8.70. The molecule has 2 aromatic carbocycles. The Bertz CT molecular complexity index is 751. The van der Waals surface area contributed by atoms with Crippen LogP contribution >= 0.6 is 27.5 Å². The lowest BCUT2D eigenvalue weighted by Gasteiger charge is -2.09. The van der Waals surface area contributed by atoms with Gasteiger partial charge in [-0.2, -0.15) is 0 Å². The van der Waals surface area contributed by atoms with Gasteiger partial charge in [-0.3, -0.25) is 4.79 Å². The Morgan fingerprint density at radius 1 is 1.17 bits per heavy atom. The van der Waals surface area contributed by atoms with Crippen molar-refractivity contribution in [3.05, 3.63) is 57.5 Å². The van der Waals surface area contributed by atoms with Gasteiger partial charge in [-0.05, 0) is 42.8 Å². The van der Waals surface area contributed by atoms with E-state index in [9.17, 15) is 9.59 Å². The molecule has 7 heteroatoms. The molecule has 0 aliphatic rings. The molecule has 0 heterocycles. The molecule has 0 unspecified atom stereocenters. The monoisotopic (exact) mass is 411 g/mol. The number of aryl methyl sites for hydroxylation is 1. The third-order valence-corrected chi connectivity index (χ3v) is 3.72. The normalized spacial score (nSPS) is 10.1. The van der Waals surface area contributed by atoms with Gasteiger partial charge in [0.05, 0.1) is 10.7 Å². The van der Waals surface area contributed by atoms with E-state index in [4.69, 9.17) is 21.1 Å². The lowest BCUT2D eigenvalue weighted by atomic mass is 10.2. The fourth-order valence-electron chi connectivity index (χ4n) is 1.81. The number of esters is 1. The summed E-state index contributed by atoms with van der Waals surface area (Å²) >= 11 is 9.27. The van der Waals surface area contributed by atoms with Crippen LogP contribution in [0.4, 0.5) is 5.69 Å². The van der Waals surface area contributed by atoms with E-state index in [1.165, 1.54) is 0 Å². The van der Waals surface area contributed by atoms with E-state index in [2.05, 4.69) is 21.2 Å². The van der Waals surface area contributed by atoms with Crippen molar-refractivity contribution < 1.29 is 19.1 Å². The van der Waals surface area contributed by atoms with Crippen molar-refractivity contribution in [2.45, 2.75) is 6.92 Å². The molecule has 0 aliphatic heterocycles. The highest BCUT2D eigenvalue weighted by Crippen LogP contribution is 2.25. The van der Waals surface area contributed by atoms with Crippen LogP contribution in [0.15, 0.2) is 46.9 Å². The van der Waals surface area contributed by atoms with Crippen molar-refractivity contribution in [3.63, 3.8) is 0 Å². The molecule has 0 fully saturated rings.